The molecule has 3 N–H and O–H groups in total. The van der Waals surface area contributed by atoms with Crippen molar-refractivity contribution < 1.29 is 14.0 Å². The lowest BCUT2D eigenvalue weighted by Crippen LogP contribution is -2.26. The van der Waals surface area contributed by atoms with Crippen LogP contribution in [0, 0.1) is 6.92 Å². The molecule has 3 aromatic rings. The average molecular weight is 349 g/mol. The Labute approximate surface area is 151 Å². The summed E-state index contributed by atoms with van der Waals surface area (Å²) in [5.74, 6) is -0.691. The predicted octanol–water partition coefficient (Wildman–Crippen LogP) is 3.24. The van der Waals surface area contributed by atoms with Gasteiger partial charge in [-0.25, -0.2) is 4.98 Å². The first-order valence-electron chi connectivity index (χ1n) is 8.19. The van der Waals surface area contributed by atoms with Gasteiger partial charge in [-0.05, 0) is 37.1 Å². The second-order valence-electron chi connectivity index (χ2n) is 5.97. The van der Waals surface area contributed by atoms with Crippen LogP contribution in [0.2, 0.25) is 0 Å². The number of hydrogen-bond acceptors (Lipinski definition) is 4. The van der Waals surface area contributed by atoms with Gasteiger partial charge < -0.3 is 15.5 Å². The van der Waals surface area contributed by atoms with Gasteiger partial charge in [0.1, 0.15) is 6.04 Å². The molecule has 26 heavy (non-hydrogen) atoms. The van der Waals surface area contributed by atoms with E-state index in [0.717, 1.165) is 11.1 Å². The molecule has 132 valence electrons. The number of rotatable bonds is 5. The number of nitrogens with zero attached hydrogens (tertiary/aromatic N) is 1. The number of carbonyl (C=O) groups is 2. The van der Waals surface area contributed by atoms with E-state index in [4.69, 9.17) is 10.2 Å². The minimum Gasteiger partial charge on any atom is -0.433 e. The van der Waals surface area contributed by atoms with Crippen LogP contribution in [-0.2, 0) is 0 Å². The number of aromatic nitrogens is 1. The molecule has 0 fully saturated rings. The van der Waals surface area contributed by atoms with E-state index in [1.807, 2.05) is 42.5 Å². The van der Waals surface area contributed by atoms with Crippen LogP contribution in [0.3, 0.4) is 0 Å². The normalized spacial score (nSPS) is 11.8. The van der Waals surface area contributed by atoms with E-state index in [9.17, 15) is 9.59 Å². The van der Waals surface area contributed by atoms with Crippen LogP contribution in [0.25, 0.3) is 11.1 Å². The molecule has 6 heteroatoms. The minimum absolute atomic E-state index is 0.00770. The maximum Gasteiger partial charge on any atom is 0.286 e. The molecule has 0 spiro atoms. The highest BCUT2D eigenvalue weighted by molar-refractivity contribution is 5.95. The van der Waals surface area contributed by atoms with Gasteiger partial charge in [-0.2, -0.15) is 0 Å². The molecule has 0 unspecified atom stereocenters. The average Bonchev–Trinajstić information content (AvgIpc) is 3.05. The third kappa shape index (κ3) is 3.64. The maximum absolute atomic E-state index is 12.4. The van der Waals surface area contributed by atoms with Crippen LogP contribution in [0.15, 0.2) is 59.0 Å². The Kier molecular flexibility index (Phi) is 4.84. The first kappa shape index (κ1) is 17.4. The van der Waals surface area contributed by atoms with E-state index in [1.165, 1.54) is 0 Å². The van der Waals surface area contributed by atoms with E-state index in [-0.39, 0.29) is 17.6 Å². The molecule has 1 aromatic heterocycles. The van der Waals surface area contributed by atoms with Crippen molar-refractivity contribution in [1.82, 2.24) is 10.3 Å². The van der Waals surface area contributed by atoms with Crippen molar-refractivity contribution in [1.29, 1.82) is 0 Å². The molecule has 0 aliphatic carbocycles. The number of hydrogen-bond donors (Lipinski definition) is 2. The van der Waals surface area contributed by atoms with Gasteiger partial charge in [-0.1, -0.05) is 42.5 Å². The summed E-state index contributed by atoms with van der Waals surface area (Å²) in [5, 5.41) is 2.80. The standard InChI is InChI=1S/C20H19N3O3/c1-12-17(18(21)24)26-20(23-12)13(2)22-19(25)16-10-8-15(9-11-16)14-6-4-3-5-7-14/h3-11,13H,1-2H3,(H2,21,24)(H,22,25)/t13-/m0/s1. The Balaban J connectivity index is 1.71. The quantitative estimate of drug-likeness (QED) is 0.739. The molecule has 6 nitrogen and oxygen atoms in total. The number of carbonyl (C=O) groups excluding carboxylic acids is 2. The van der Waals surface area contributed by atoms with E-state index in [1.54, 1.807) is 26.0 Å². The van der Waals surface area contributed by atoms with Crippen molar-refractivity contribution >= 4 is 11.8 Å². The lowest BCUT2D eigenvalue weighted by Gasteiger charge is -2.11. The monoisotopic (exact) mass is 349 g/mol. The molecule has 0 bridgehead atoms. The SMILES string of the molecule is Cc1nc([C@H](C)NC(=O)c2ccc(-c3ccccc3)cc2)oc1C(N)=O. The van der Waals surface area contributed by atoms with Crippen LogP contribution >= 0.6 is 0 Å². The van der Waals surface area contributed by atoms with Crippen molar-refractivity contribution in [2.75, 3.05) is 0 Å². The Hall–Kier alpha value is -3.41. The third-order valence-electron chi connectivity index (χ3n) is 4.01. The summed E-state index contributed by atoms with van der Waals surface area (Å²) in [6.45, 7) is 3.36. The zero-order chi connectivity index (χ0) is 18.7. The van der Waals surface area contributed by atoms with Gasteiger partial charge >= 0.3 is 0 Å². The topological polar surface area (TPSA) is 98.2 Å². The van der Waals surface area contributed by atoms with E-state index >= 15 is 0 Å². The molecule has 2 amide bonds. The van der Waals surface area contributed by atoms with Crippen molar-refractivity contribution in [3.63, 3.8) is 0 Å². The van der Waals surface area contributed by atoms with Crippen molar-refractivity contribution in [3.05, 3.63) is 77.5 Å². The highest BCUT2D eigenvalue weighted by Gasteiger charge is 2.20. The smallest absolute Gasteiger partial charge is 0.286 e. The fourth-order valence-electron chi connectivity index (χ4n) is 2.62. The minimum atomic E-state index is -0.684. The van der Waals surface area contributed by atoms with Gasteiger partial charge in [0.15, 0.2) is 0 Å². The molecule has 2 aromatic carbocycles. The van der Waals surface area contributed by atoms with Gasteiger partial charge in [-0.3, -0.25) is 9.59 Å². The zero-order valence-electron chi connectivity index (χ0n) is 14.5. The van der Waals surface area contributed by atoms with Crippen LogP contribution in [0.4, 0.5) is 0 Å². The molecule has 1 atom stereocenters. The molecular formula is C20H19N3O3. The molecular weight excluding hydrogens is 330 g/mol. The summed E-state index contributed by atoms with van der Waals surface area (Å²) in [7, 11) is 0. The van der Waals surface area contributed by atoms with Gasteiger partial charge in [0, 0.05) is 5.56 Å². The first-order chi connectivity index (χ1) is 12.5. The number of benzene rings is 2. The van der Waals surface area contributed by atoms with E-state index in [2.05, 4.69) is 10.3 Å². The van der Waals surface area contributed by atoms with Gasteiger partial charge in [0.2, 0.25) is 11.7 Å². The van der Waals surface area contributed by atoms with Crippen LogP contribution < -0.4 is 11.1 Å². The summed E-state index contributed by atoms with van der Waals surface area (Å²) >= 11 is 0. The van der Waals surface area contributed by atoms with Crippen LogP contribution in [0.1, 0.15) is 45.5 Å². The fraction of sp³-hybridized carbons (Fsp3) is 0.150. The number of aryl methyl sites for hydroxylation is 1. The number of oxazole rings is 1. The summed E-state index contributed by atoms with van der Waals surface area (Å²) in [6, 6.07) is 16.7. The maximum atomic E-state index is 12.4. The highest BCUT2D eigenvalue weighted by atomic mass is 16.4. The third-order valence-corrected chi connectivity index (χ3v) is 4.01. The lowest BCUT2D eigenvalue weighted by molar-refractivity contribution is 0.0933. The van der Waals surface area contributed by atoms with Crippen LogP contribution in [-0.4, -0.2) is 16.8 Å². The molecule has 3 rings (SSSR count). The number of nitrogens with one attached hydrogen (secondary N) is 1. The molecule has 0 aliphatic rings. The van der Waals surface area contributed by atoms with Gasteiger partial charge in [0.25, 0.3) is 11.8 Å². The lowest BCUT2D eigenvalue weighted by atomic mass is 10.0. The van der Waals surface area contributed by atoms with Crippen molar-refractivity contribution in [2.45, 2.75) is 19.9 Å². The summed E-state index contributed by atoms with van der Waals surface area (Å²) in [6.07, 6.45) is 0. The zero-order valence-corrected chi connectivity index (χ0v) is 14.5. The Morgan fingerprint density at radius 3 is 2.23 bits per heavy atom. The number of nitrogens with two attached hydrogens (primary N) is 1. The largest absolute Gasteiger partial charge is 0.433 e. The highest BCUT2D eigenvalue weighted by Crippen LogP contribution is 2.20. The molecule has 1 heterocycles. The van der Waals surface area contributed by atoms with Crippen LogP contribution in [0.5, 0.6) is 0 Å². The summed E-state index contributed by atoms with van der Waals surface area (Å²) < 4.78 is 5.35. The fourth-order valence-corrected chi connectivity index (χ4v) is 2.62. The first-order valence-corrected chi connectivity index (χ1v) is 8.19. The molecule has 0 saturated heterocycles. The molecule has 0 aliphatic heterocycles. The van der Waals surface area contributed by atoms with Gasteiger partial charge in [0.05, 0.1) is 5.69 Å². The number of amides is 2. The number of primary amides is 1. The Bertz CT molecular complexity index is 931. The molecule has 0 saturated carbocycles. The van der Waals surface area contributed by atoms with Gasteiger partial charge in [-0.15, -0.1) is 0 Å². The second kappa shape index (κ2) is 7.23. The van der Waals surface area contributed by atoms with Crippen molar-refractivity contribution in [2.24, 2.45) is 5.73 Å². The van der Waals surface area contributed by atoms with E-state index < -0.39 is 11.9 Å². The van der Waals surface area contributed by atoms with E-state index in [0.29, 0.717) is 11.3 Å². The Morgan fingerprint density at radius 2 is 1.65 bits per heavy atom. The Morgan fingerprint density at radius 1 is 1.04 bits per heavy atom. The predicted molar refractivity (Wildman–Crippen MR) is 97.5 cm³/mol. The molecule has 0 radical (unpaired) electrons. The second-order valence-corrected chi connectivity index (χ2v) is 5.97. The summed E-state index contributed by atoms with van der Waals surface area (Å²) in [4.78, 5) is 27.8. The summed E-state index contributed by atoms with van der Waals surface area (Å²) in [5.41, 5.74) is 8.27. The van der Waals surface area contributed by atoms with Crippen molar-refractivity contribution in [3.8, 4) is 11.1 Å².